The van der Waals surface area contributed by atoms with Crippen molar-refractivity contribution >= 4 is 35.8 Å². The smallest absolute Gasteiger partial charge is 0.319 e. The molecular weight excluding hydrogens is 991 g/mol. The van der Waals surface area contributed by atoms with Gasteiger partial charge in [-0.25, -0.2) is 0 Å². The Balaban J connectivity index is 4.75. The van der Waals surface area contributed by atoms with Gasteiger partial charge in [0.15, 0.2) is 6.10 Å². The van der Waals surface area contributed by atoms with Crippen LogP contribution in [0.4, 0.5) is 0 Å². The third-order valence-electron chi connectivity index (χ3n) is 14.7. The Kier molecular flexibility index (Phi) is 54.5. The maximum Gasteiger partial charge on any atom is 0.319 e. The number of rotatable bonds is 59. The molecule has 0 unspecified atom stereocenters. The van der Waals surface area contributed by atoms with Gasteiger partial charge in [0.05, 0.1) is 19.6 Å². The molecule has 458 valence electrons. The molecule has 0 aromatic heterocycles. The normalized spacial score (nSPS) is 12.5. The van der Waals surface area contributed by atoms with E-state index in [2.05, 4.69) is 20.8 Å². The molecule has 0 saturated heterocycles. The molecule has 0 spiro atoms. The Morgan fingerprint density at radius 1 is 0.256 bits per heavy atom. The van der Waals surface area contributed by atoms with E-state index >= 15 is 0 Å². The number of hydrogen-bond acceptors (Lipinski definition) is 15. The molecule has 0 radical (unpaired) electrons. The largest absolute Gasteiger partial charge is 0.462 e. The van der Waals surface area contributed by atoms with Crippen molar-refractivity contribution in [3.05, 3.63) is 0 Å². The van der Waals surface area contributed by atoms with Gasteiger partial charge < -0.3 is 45.6 Å². The Labute approximate surface area is 475 Å². The number of carbonyl (C=O) groups is 6. The van der Waals surface area contributed by atoms with E-state index in [0.29, 0.717) is 19.3 Å². The van der Waals surface area contributed by atoms with Gasteiger partial charge in [0, 0.05) is 19.3 Å². The summed E-state index contributed by atoms with van der Waals surface area (Å²) in [5, 5.41) is 0. The Hall–Kier alpha value is -3.30. The number of carbonyl (C=O) groups excluding carboxylic acids is 6. The molecule has 15 heteroatoms. The average Bonchev–Trinajstić information content (AvgIpc) is 3.43. The minimum absolute atomic E-state index is 0.0386. The van der Waals surface area contributed by atoms with Crippen LogP contribution in [0.1, 0.15) is 310 Å². The first-order chi connectivity index (χ1) is 38.0. The second kappa shape index (κ2) is 57.0. The van der Waals surface area contributed by atoms with Gasteiger partial charge in [-0.2, -0.15) is 0 Å². The summed E-state index contributed by atoms with van der Waals surface area (Å²) in [5.74, 6) is -2.06. The maximum atomic E-state index is 13.0. The van der Waals surface area contributed by atoms with Crippen molar-refractivity contribution in [2.75, 3.05) is 32.8 Å². The van der Waals surface area contributed by atoms with E-state index in [-0.39, 0.29) is 106 Å². The van der Waals surface area contributed by atoms with Crippen LogP contribution in [-0.4, -0.2) is 93.1 Å². The summed E-state index contributed by atoms with van der Waals surface area (Å²) in [4.78, 5) is 74.0. The predicted octanol–water partition coefficient (Wildman–Crippen LogP) is 14.2. The van der Waals surface area contributed by atoms with Crippen LogP contribution >= 0.6 is 0 Å². The second-order valence-corrected chi connectivity index (χ2v) is 22.1. The van der Waals surface area contributed by atoms with Gasteiger partial charge in [0.2, 0.25) is 0 Å². The van der Waals surface area contributed by atoms with Crippen LogP contribution in [0.25, 0.3) is 0 Å². The molecule has 6 N–H and O–H groups in total. The Morgan fingerprint density at radius 2 is 0.462 bits per heavy atom. The highest BCUT2D eigenvalue weighted by molar-refractivity contribution is 5.72. The highest BCUT2D eigenvalue weighted by Gasteiger charge is 2.21. The molecule has 0 rings (SSSR count). The molecule has 78 heavy (non-hydrogen) atoms. The number of esters is 6. The molecule has 0 fully saturated rings. The molecule has 0 amide bonds. The van der Waals surface area contributed by atoms with Crippen molar-refractivity contribution in [3.8, 4) is 0 Å². The monoisotopic (exact) mass is 1110 g/mol. The average molecular weight is 1110 g/mol. The number of ether oxygens (including phenoxy) is 6. The van der Waals surface area contributed by atoms with E-state index in [9.17, 15) is 28.8 Å². The third kappa shape index (κ3) is 50.9. The first-order valence-electron chi connectivity index (χ1n) is 32.2. The van der Waals surface area contributed by atoms with Crippen LogP contribution in [0.2, 0.25) is 0 Å². The van der Waals surface area contributed by atoms with Crippen molar-refractivity contribution in [3.63, 3.8) is 0 Å². The lowest BCUT2D eigenvalue weighted by molar-refractivity contribution is -0.167. The van der Waals surface area contributed by atoms with Crippen LogP contribution in [0.5, 0.6) is 0 Å². The van der Waals surface area contributed by atoms with Crippen molar-refractivity contribution < 1.29 is 57.2 Å². The highest BCUT2D eigenvalue weighted by atomic mass is 16.6. The summed E-state index contributed by atoms with van der Waals surface area (Å²) >= 11 is 0. The molecule has 0 heterocycles. The van der Waals surface area contributed by atoms with Crippen LogP contribution in [0, 0.1) is 0 Å². The Bertz CT molecular complexity index is 1370. The van der Waals surface area contributed by atoms with Crippen LogP contribution in [0.15, 0.2) is 0 Å². The minimum atomic E-state index is -0.867. The number of unbranched alkanes of at least 4 members (excludes halogenated alkanes) is 30. The van der Waals surface area contributed by atoms with Gasteiger partial charge in [-0.1, -0.05) is 194 Å². The fourth-order valence-corrected chi connectivity index (χ4v) is 9.87. The SMILES string of the molecule is CCCCCC[C@H](CCCCCCCCCCC(=O)OCC(COC(=O)CCCCCCCCCC[C@@H](CCCCCC)OC(=O)CN)OC(=O)CCCCCCCCCC[C@@H](CCCCCC)OC(=O)CN)OC(=O)CN. The summed E-state index contributed by atoms with van der Waals surface area (Å²) in [6, 6.07) is 0. The predicted molar refractivity (Wildman–Crippen MR) is 313 cm³/mol. The van der Waals surface area contributed by atoms with Crippen LogP contribution < -0.4 is 17.2 Å². The third-order valence-corrected chi connectivity index (χ3v) is 14.7. The Morgan fingerprint density at radius 3 is 0.705 bits per heavy atom. The lowest BCUT2D eigenvalue weighted by Crippen LogP contribution is -2.30. The fraction of sp³-hybridized carbons (Fsp3) is 0.905. The summed E-state index contributed by atoms with van der Waals surface area (Å²) in [7, 11) is 0. The van der Waals surface area contributed by atoms with E-state index in [1.807, 2.05) is 0 Å². The summed E-state index contributed by atoms with van der Waals surface area (Å²) in [5.41, 5.74) is 16.5. The molecule has 0 saturated carbocycles. The zero-order valence-corrected chi connectivity index (χ0v) is 50.3. The number of hydrogen-bond donors (Lipinski definition) is 3. The van der Waals surface area contributed by atoms with Gasteiger partial charge in [-0.15, -0.1) is 0 Å². The summed E-state index contributed by atoms with van der Waals surface area (Å²) < 4.78 is 33.7. The maximum absolute atomic E-state index is 13.0. The quantitative estimate of drug-likeness (QED) is 0.0292. The standard InChI is InChI=1S/C63H119N3O12/c1-4-7-10-31-40-54(75-61(70)49-64)43-34-25-19-13-16-22-28-37-46-58(67)73-52-57(78-60(69)48-39-30-24-18-15-21-27-36-45-56(77-63(72)51-66)42-33-12-9-6-3)53-74-59(68)47-38-29-23-17-14-20-26-35-44-55(76-62(71)50-65)41-32-11-8-5-2/h54-57H,4-53,64-66H2,1-3H3/t54-,55-,56-/m1/s1. The topological polar surface area (TPSA) is 236 Å². The van der Waals surface area contributed by atoms with Crippen molar-refractivity contribution in [2.45, 2.75) is 334 Å². The molecule has 0 aliphatic heterocycles. The van der Waals surface area contributed by atoms with Gasteiger partial charge >= 0.3 is 35.8 Å². The van der Waals surface area contributed by atoms with E-state index in [4.69, 9.17) is 45.6 Å². The van der Waals surface area contributed by atoms with E-state index in [0.717, 1.165) is 212 Å². The zero-order valence-electron chi connectivity index (χ0n) is 50.3. The second-order valence-electron chi connectivity index (χ2n) is 22.1. The fourth-order valence-electron chi connectivity index (χ4n) is 9.87. The van der Waals surface area contributed by atoms with Crippen molar-refractivity contribution in [1.29, 1.82) is 0 Å². The molecule has 0 aliphatic carbocycles. The molecule has 0 aromatic carbocycles. The first-order valence-corrected chi connectivity index (χ1v) is 32.2. The molecular formula is C63H119N3O12. The van der Waals surface area contributed by atoms with Crippen molar-refractivity contribution in [1.82, 2.24) is 0 Å². The summed E-state index contributed by atoms with van der Waals surface area (Å²) in [6.45, 7) is 6.02. The zero-order chi connectivity index (χ0) is 57.4. The van der Waals surface area contributed by atoms with Crippen molar-refractivity contribution in [2.24, 2.45) is 17.2 Å². The van der Waals surface area contributed by atoms with Gasteiger partial charge in [0.1, 0.15) is 31.5 Å². The lowest BCUT2D eigenvalue weighted by Gasteiger charge is -2.18. The van der Waals surface area contributed by atoms with E-state index in [1.165, 1.54) is 38.5 Å². The van der Waals surface area contributed by atoms with Crippen LogP contribution in [0.3, 0.4) is 0 Å². The highest BCUT2D eigenvalue weighted by Crippen LogP contribution is 2.21. The molecule has 0 aromatic rings. The molecule has 3 atom stereocenters. The molecule has 0 bridgehead atoms. The lowest BCUT2D eigenvalue weighted by atomic mass is 10.0. The van der Waals surface area contributed by atoms with Gasteiger partial charge in [-0.3, -0.25) is 28.8 Å². The first kappa shape index (κ1) is 74.7. The van der Waals surface area contributed by atoms with Crippen LogP contribution in [-0.2, 0) is 57.2 Å². The minimum Gasteiger partial charge on any atom is -0.462 e. The summed E-state index contributed by atoms with van der Waals surface area (Å²) in [6.07, 6.45) is 43.3. The van der Waals surface area contributed by atoms with Gasteiger partial charge in [0.25, 0.3) is 0 Å². The molecule has 15 nitrogen and oxygen atoms in total. The van der Waals surface area contributed by atoms with E-state index in [1.54, 1.807) is 0 Å². The van der Waals surface area contributed by atoms with E-state index < -0.39 is 6.10 Å². The number of nitrogens with two attached hydrogens (primary N) is 3. The van der Waals surface area contributed by atoms with Gasteiger partial charge in [-0.05, 0) is 96.3 Å². The molecule has 0 aliphatic rings.